The zero-order valence-corrected chi connectivity index (χ0v) is 20.8. The first-order valence-corrected chi connectivity index (χ1v) is 12.9. The lowest BCUT2D eigenvalue weighted by atomic mass is 9.71. The van der Waals surface area contributed by atoms with Crippen LogP contribution in [0.1, 0.15) is 44.9 Å². The summed E-state index contributed by atoms with van der Waals surface area (Å²) in [6.45, 7) is 4.37. The molecule has 0 aromatic heterocycles. The summed E-state index contributed by atoms with van der Waals surface area (Å²) in [6, 6.07) is 43.2. The van der Waals surface area contributed by atoms with Crippen LogP contribution >= 0.6 is 0 Å². The Balaban J connectivity index is 1.51. The van der Waals surface area contributed by atoms with Crippen molar-refractivity contribution in [2.24, 2.45) is 0 Å². The van der Waals surface area contributed by atoms with Gasteiger partial charge in [0.05, 0.1) is 0 Å². The average Bonchev–Trinajstić information content (AvgIpc) is 2.92. The van der Waals surface area contributed by atoms with Gasteiger partial charge in [0.15, 0.2) is 0 Å². The van der Waals surface area contributed by atoms with Crippen molar-refractivity contribution in [3.05, 3.63) is 154 Å². The standard InChI is InChI=1S/C36H28/c1-23-8-18-32-28(20-23)14-16-30-22-31-17-15-29-21-24(2)9-19-33(29)35(31)36(34(30)32)27-12-10-26(11-13-27)25-6-4-3-5-7-25/h3-21,36H,22H2,1-2H3. The first-order valence-electron chi connectivity index (χ1n) is 12.9. The first kappa shape index (κ1) is 21.1. The lowest BCUT2D eigenvalue weighted by molar-refractivity contribution is 0.906. The molecule has 0 unspecified atom stereocenters. The minimum atomic E-state index is 0.200. The molecule has 0 amide bonds. The molecule has 0 bridgehead atoms. The second-order valence-corrected chi connectivity index (χ2v) is 10.3. The summed E-state index contributed by atoms with van der Waals surface area (Å²) in [6.07, 6.45) is 0.983. The van der Waals surface area contributed by atoms with Crippen LogP contribution < -0.4 is 0 Å². The fourth-order valence-corrected chi connectivity index (χ4v) is 6.21. The fourth-order valence-electron chi connectivity index (χ4n) is 6.21. The van der Waals surface area contributed by atoms with Gasteiger partial charge in [-0.3, -0.25) is 0 Å². The van der Waals surface area contributed by atoms with Crippen LogP contribution in [0.15, 0.2) is 115 Å². The van der Waals surface area contributed by atoms with Gasteiger partial charge in [-0.15, -0.1) is 0 Å². The monoisotopic (exact) mass is 460 g/mol. The molecule has 7 rings (SSSR count). The predicted octanol–water partition coefficient (Wildman–Crippen LogP) is 9.36. The molecule has 172 valence electrons. The van der Waals surface area contributed by atoms with E-state index in [1.54, 1.807) is 0 Å². The second-order valence-electron chi connectivity index (χ2n) is 10.3. The molecular weight excluding hydrogens is 432 g/mol. The van der Waals surface area contributed by atoms with Crippen LogP contribution in [0.4, 0.5) is 0 Å². The third-order valence-corrected chi connectivity index (χ3v) is 7.92. The molecule has 0 atom stereocenters. The number of rotatable bonds is 2. The molecule has 36 heavy (non-hydrogen) atoms. The Bertz CT molecular complexity index is 1660. The van der Waals surface area contributed by atoms with E-state index in [9.17, 15) is 0 Å². The summed E-state index contributed by atoms with van der Waals surface area (Å²) in [5.41, 5.74) is 12.3. The number of aryl methyl sites for hydroxylation is 2. The largest absolute Gasteiger partial charge is 0.0622 e. The van der Waals surface area contributed by atoms with E-state index in [4.69, 9.17) is 0 Å². The molecule has 6 aromatic rings. The highest BCUT2D eigenvalue weighted by atomic mass is 14.3. The summed E-state index contributed by atoms with van der Waals surface area (Å²) in [5, 5.41) is 5.42. The van der Waals surface area contributed by atoms with E-state index in [2.05, 4.69) is 129 Å². The SMILES string of the molecule is Cc1ccc2c3c(ccc2c1)Cc1ccc2cc(C)ccc2c1C3c1ccc(-c2ccccc2)cc1. The third-order valence-electron chi connectivity index (χ3n) is 7.92. The Hall–Kier alpha value is -4.16. The predicted molar refractivity (Wildman–Crippen MR) is 153 cm³/mol. The van der Waals surface area contributed by atoms with Crippen molar-refractivity contribution in [1.29, 1.82) is 0 Å². The van der Waals surface area contributed by atoms with Gasteiger partial charge in [-0.2, -0.15) is 0 Å². The van der Waals surface area contributed by atoms with Crippen LogP contribution in [0, 0.1) is 13.8 Å². The highest BCUT2D eigenvalue weighted by Gasteiger charge is 2.30. The van der Waals surface area contributed by atoms with Crippen molar-refractivity contribution < 1.29 is 0 Å². The summed E-state index contributed by atoms with van der Waals surface area (Å²) in [7, 11) is 0. The highest BCUT2D eigenvalue weighted by Crippen LogP contribution is 2.47. The van der Waals surface area contributed by atoms with E-state index < -0.39 is 0 Å². The van der Waals surface area contributed by atoms with Gasteiger partial charge in [-0.25, -0.2) is 0 Å². The van der Waals surface area contributed by atoms with E-state index in [0.29, 0.717) is 0 Å². The van der Waals surface area contributed by atoms with Crippen molar-refractivity contribution in [2.45, 2.75) is 26.2 Å². The second kappa shape index (κ2) is 8.21. The summed E-state index contributed by atoms with van der Waals surface area (Å²) >= 11 is 0. The van der Waals surface area contributed by atoms with Crippen molar-refractivity contribution in [1.82, 2.24) is 0 Å². The summed E-state index contributed by atoms with van der Waals surface area (Å²) in [4.78, 5) is 0. The van der Waals surface area contributed by atoms with E-state index in [-0.39, 0.29) is 5.92 Å². The normalized spacial score (nSPS) is 13.1. The average molecular weight is 461 g/mol. The lowest BCUT2D eigenvalue weighted by Crippen LogP contribution is -2.16. The smallest absolute Gasteiger partial charge is 0.0357 e. The Kier molecular flexibility index (Phi) is 4.82. The molecule has 0 heteroatoms. The number of fused-ring (bicyclic) bond motifs is 6. The number of hydrogen-bond donors (Lipinski definition) is 0. The van der Waals surface area contributed by atoms with Crippen LogP contribution in [0.5, 0.6) is 0 Å². The first-order chi connectivity index (χ1) is 17.7. The van der Waals surface area contributed by atoms with Gasteiger partial charge in [-0.05, 0) is 80.8 Å². The third kappa shape index (κ3) is 3.37. The molecule has 0 saturated carbocycles. The lowest BCUT2D eigenvalue weighted by Gasteiger charge is -2.32. The quantitative estimate of drug-likeness (QED) is 0.241. The minimum absolute atomic E-state index is 0.200. The molecule has 0 radical (unpaired) electrons. The minimum Gasteiger partial charge on any atom is -0.0622 e. The van der Waals surface area contributed by atoms with Crippen LogP contribution in [0.25, 0.3) is 32.7 Å². The molecule has 0 spiro atoms. The zero-order valence-electron chi connectivity index (χ0n) is 20.8. The van der Waals surface area contributed by atoms with Gasteiger partial charge in [0, 0.05) is 5.92 Å². The van der Waals surface area contributed by atoms with Gasteiger partial charge in [0.1, 0.15) is 0 Å². The Labute approximate surface area is 212 Å². The molecule has 0 aliphatic heterocycles. The molecule has 0 N–H and O–H groups in total. The summed E-state index contributed by atoms with van der Waals surface area (Å²) in [5.74, 6) is 0.200. The van der Waals surface area contributed by atoms with Crippen molar-refractivity contribution >= 4 is 21.5 Å². The molecule has 1 aliphatic rings. The van der Waals surface area contributed by atoms with Crippen LogP contribution in [-0.2, 0) is 6.42 Å². The van der Waals surface area contributed by atoms with Gasteiger partial charge in [0.25, 0.3) is 0 Å². The summed E-state index contributed by atoms with van der Waals surface area (Å²) < 4.78 is 0. The zero-order chi connectivity index (χ0) is 24.2. The van der Waals surface area contributed by atoms with Crippen LogP contribution in [0.3, 0.4) is 0 Å². The molecular formula is C36H28. The molecule has 1 aliphatic carbocycles. The van der Waals surface area contributed by atoms with Gasteiger partial charge >= 0.3 is 0 Å². The maximum atomic E-state index is 2.37. The molecule has 0 nitrogen and oxygen atoms in total. The molecule has 6 aromatic carbocycles. The maximum absolute atomic E-state index is 2.37. The van der Waals surface area contributed by atoms with Gasteiger partial charge in [0.2, 0.25) is 0 Å². The Morgan fingerprint density at radius 1 is 0.500 bits per heavy atom. The molecule has 0 fully saturated rings. The van der Waals surface area contributed by atoms with E-state index in [1.165, 1.54) is 71.6 Å². The Morgan fingerprint density at radius 3 is 1.58 bits per heavy atom. The van der Waals surface area contributed by atoms with Gasteiger partial charge < -0.3 is 0 Å². The Morgan fingerprint density at radius 2 is 1.03 bits per heavy atom. The van der Waals surface area contributed by atoms with Crippen LogP contribution in [0.2, 0.25) is 0 Å². The van der Waals surface area contributed by atoms with Crippen molar-refractivity contribution in [3.63, 3.8) is 0 Å². The van der Waals surface area contributed by atoms with Crippen molar-refractivity contribution in [2.75, 3.05) is 0 Å². The molecule has 0 heterocycles. The van der Waals surface area contributed by atoms with Crippen LogP contribution in [-0.4, -0.2) is 0 Å². The van der Waals surface area contributed by atoms with Gasteiger partial charge in [-0.1, -0.05) is 126 Å². The van der Waals surface area contributed by atoms with E-state index >= 15 is 0 Å². The highest BCUT2D eigenvalue weighted by molar-refractivity contribution is 5.94. The van der Waals surface area contributed by atoms with E-state index in [1.807, 2.05) is 0 Å². The molecule has 0 saturated heterocycles. The maximum Gasteiger partial charge on any atom is 0.0357 e. The van der Waals surface area contributed by atoms with E-state index in [0.717, 1.165) is 6.42 Å². The number of hydrogen-bond acceptors (Lipinski definition) is 0. The topological polar surface area (TPSA) is 0 Å². The fraction of sp³-hybridized carbons (Fsp3) is 0.111. The number of benzene rings is 6. The van der Waals surface area contributed by atoms with Crippen molar-refractivity contribution in [3.8, 4) is 11.1 Å².